The van der Waals surface area contributed by atoms with E-state index in [-0.39, 0.29) is 29.7 Å². The Morgan fingerprint density at radius 1 is 1.13 bits per heavy atom. The Bertz CT molecular complexity index is 493. The van der Waals surface area contributed by atoms with Crippen molar-refractivity contribution in [1.82, 2.24) is 10.2 Å². The lowest BCUT2D eigenvalue weighted by molar-refractivity contribution is -0.146. The molecular formula is C17H26N2O4. The third-order valence-electron chi connectivity index (χ3n) is 5.79. The molecule has 0 aromatic heterocycles. The van der Waals surface area contributed by atoms with E-state index in [1.54, 1.807) is 0 Å². The van der Waals surface area contributed by atoms with E-state index in [4.69, 9.17) is 5.11 Å². The van der Waals surface area contributed by atoms with Crippen LogP contribution in [0.15, 0.2) is 0 Å². The third-order valence-corrected chi connectivity index (χ3v) is 5.79. The smallest absolute Gasteiger partial charge is 0.306 e. The van der Waals surface area contributed by atoms with E-state index in [0.29, 0.717) is 31.8 Å². The molecule has 3 aliphatic rings. The van der Waals surface area contributed by atoms with Gasteiger partial charge in [0.1, 0.15) is 0 Å². The molecule has 128 valence electrons. The minimum Gasteiger partial charge on any atom is -0.481 e. The maximum Gasteiger partial charge on any atom is 0.306 e. The maximum atomic E-state index is 12.3. The minimum atomic E-state index is -0.788. The number of carbonyl (C=O) groups is 3. The number of carbonyl (C=O) groups excluding carboxylic acids is 2. The summed E-state index contributed by atoms with van der Waals surface area (Å²) in [4.78, 5) is 37.3. The summed E-state index contributed by atoms with van der Waals surface area (Å²) < 4.78 is 0. The van der Waals surface area contributed by atoms with Crippen LogP contribution in [0, 0.1) is 17.8 Å². The van der Waals surface area contributed by atoms with Crippen molar-refractivity contribution < 1.29 is 19.5 Å². The maximum absolute atomic E-state index is 12.3. The van der Waals surface area contributed by atoms with Crippen molar-refractivity contribution in [2.45, 2.75) is 64.0 Å². The van der Waals surface area contributed by atoms with Gasteiger partial charge in [-0.2, -0.15) is 0 Å². The monoisotopic (exact) mass is 322 g/mol. The molecule has 0 bridgehead atoms. The summed E-state index contributed by atoms with van der Waals surface area (Å²) in [5, 5.41) is 11.8. The highest BCUT2D eigenvalue weighted by atomic mass is 16.4. The first-order chi connectivity index (χ1) is 10.9. The molecule has 2 saturated carbocycles. The summed E-state index contributed by atoms with van der Waals surface area (Å²) in [7, 11) is 0. The number of carboxylic acids is 1. The van der Waals surface area contributed by atoms with E-state index >= 15 is 0 Å². The van der Waals surface area contributed by atoms with Gasteiger partial charge in [-0.25, -0.2) is 0 Å². The lowest BCUT2D eigenvalue weighted by Gasteiger charge is -2.34. The zero-order valence-corrected chi connectivity index (χ0v) is 13.7. The van der Waals surface area contributed by atoms with Gasteiger partial charge in [-0.3, -0.25) is 14.4 Å². The van der Waals surface area contributed by atoms with Gasteiger partial charge < -0.3 is 15.3 Å². The second-order valence-electron chi connectivity index (χ2n) is 7.57. The number of likely N-dealkylation sites (tertiary alicyclic amines) is 1. The molecule has 1 aliphatic heterocycles. The predicted octanol–water partition coefficient (Wildman–Crippen LogP) is 1.39. The van der Waals surface area contributed by atoms with Gasteiger partial charge in [-0.1, -0.05) is 6.92 Å². The second-order valence-corrected chi connectivity index (χ2v) is 7.57. The zero-order chi connectivity index (χ0) is 16.6. The summed E-state index contributed by atoms with van der Waals surface area (Å²) in [5.41, 5.74) is 0. The predicted molar refractivity (Wildman–Crippen MR) is 83.5 cm³/mol. The molecule has 3 rings (SSSR count). The molecule has 2 N–H and O–H groups in total. The Morgan fingerprint density at radius 2 is 1.78 bits per heavy atom. The number of hydrogen-bond donors (Lipinski definition) is 2. The highest BCUT2D eigenvalue weighted by Gasteiger charge is 2.41. The topological polar surface area (TPSA) is 86.7 Å². The normalized spacial score (nSPS) is 37.3. The number of aliphatic carboxylic acids is 1. The number of amides is 2. The summed E-state index contributed by atoms with van der Waals surface area (Å²) in [6, 6.07) is 0.264. The van der Waals surface area contributed by atoms with Crippen LogP contribution < -0.4 is 5.32 Å². The molecule has 0 aromatic carbocycles. The molecule has 2 aliphatic carbocycles. The highest BCUT2D eigenvalue weighted by molar-refractivity contribution is 5.89. The standard InChI is InChI=1S/C17H26N2O4/c1-10-2-4-14(5-3-10)19-9-12(8-15(19)20)16(21)18-13-6-11(7-13)17(22)23/h10-14H,2-9H2,1H3,(H,18,21)(H,22,23). The van der Waals surface area contributed by atoms with Gasteiger partial charge in [0, 0.05) is 25.0 Å². The molecule has 1 atom stereocenters. The molecular weight excluding hydrogens is 296 g/mol. The Kier molecular flexibility index (Phi) is 4.60. The molecule has 1 saturated heterocycles. The average Bonchev–Trinajstić information content (AvgIpc) is 2.84. The molecule has 3 fully saturated rings. The van der Waals surface area contributed by atoms with Crippen molar-refractivity contribution in [2.75, 3.05) is 6.54 Å². The number of nitrogens with zero attached hydrogens (tertiary/aromatic N) is 1. The lowest BCUT2D eigenvalue weighted by Crippen LogP contribution is -2.49. The molecule has 1 heterocycles. The molecule has 1 unspecified atom stereocenters. The average molecular weight is 322 g/mol. The van der Waals surface area contributed by atoms with Crippen LogP contribution in [0.1, 0.15) is 51.9 Å². The van der Waals surface area contributed by atoms with E-state index in [1.807, 2.05) is 4.90 Å². The Hall–Kier alpha value is -1.59. The van der Waals surface area contributed by atoms with E-state index in [1.165, 1.54) is 0 Å². The second kappa shape index (κ2) is 6.49. The van der Waals surface area contributed by atoms with Gasteiger partial charge >= 0.3 is 5.97 Å². The van der Waals surface area contributed by atoms with Crippen LogP contribution in [-0.2, 0) is 14.4 Å². The van der Waals surface area contributed by atoms with Crippen molar-refractivity contribution in [3.63, 3.8) is 0 Å². The van der Waals surface area contributed by atoms with E-state index in [2.05, 4.69) is 12.2 Å². The quantitative estimate of drug-likeness (QED) is 0.819. The summed E-state index contributed by atoms with van der Waals surface area (Å²) in [5.74, 6) is -0.634. The largest absolute Gasteiger partial charge is 0.481 e. The minimum absolute atomic E-state index is 0.0386. The number of carboxylic acid groups (broad SMARTS) is 1. The van der Waals surface area contributed by atoms with Crippen LogP contribution in [0.3, 0.4) is 0 Å². The lowest BCUT2D eigenvalue weighted by atomic mass is 9.80. The van der Waals surface area contributed by atoms with Crippen molar-refractivity contribution in [3.05, 3.63) is 0 Å². The van der Waals surface area contributed by atoms with Gasteiger partial charge in [0.05, 0.1) is 11.8 Å². The van der Waals surface area contributed by atoms with Crippen molar-refractivity contribution in [3.8, 4) is 0 Å². The molecule has 0 radical (unpaired) electrons. The third kappa shape index (κ3) is 3.51. The fourth-order valence-electron chi connectivity index (χ4n) is 4.07. The first-order valence-corrected chi connectivity index (χ1v) is 8.76. The first-order valence-electron chi connectivity index (χ1n) is 8.76. The summed E-state index contributed by atoms with van der Waals surface area (Å²) in [6.45, 7) is 2.78. The van der Waals surface area contributed by atoms with Gasteiger partial charge in [0.25, 0.3) is 0 Å². The highest BCUT2D eigenvalue weighted by Crippen LogP contribution is 2.32. The van der Waals surface area contributed by atoms with Crippen LogP contribution in [0.25, 0.3) is 0 Å². The van der Waals surface area contributed by atoms with Gasteiger partial charge in [0.15, 0.2) is 0 Å². The Balaban J connectivity index is 1.47. The SMILES string of the molecule is CC1CCC(N2CC(C(=O)NC3CC(C(=O)O)C3)CC2=O)CC1. The van der Waals surface area contributed by atoms with Gasteiger partial charge in [-0.05, 0) is 44.4 Å². The molecule has 0 spiro atoms. The first kappa shape index (κ1) is 16.3. The van der Waals surface area contributed by atoms with Gasteiger partial charge in [0.2, 0.25) is 11.8 Å². The molecule has 0 aromatic rings. The molecule has 6 nitrogen and oxygen atoms in total. The van der Waals surface area contributed by atoms with Crippen LogP contribution in [0.5, 0.6) is 0 Å². The van der Waals surface area contributed by atoms with Crippen LogP contribution >= 0.6 is 0 Å². The zero-order valence-electron chi connectivity index (χ0n) is 13.7. The van der Waals surface area contributed by atoms with Crippen LogP contribution in [0.2, 0.25) is 0 Å². The Morgan fingerprint density at radius 3 is 2.39 bits per heavy atom. The van der Waals surface area contributed by atoms with E-state index in [0.717, 1.165) is 31.6 Å². The number of rotatable bonds is 4. The molecule has 6 heteroatoms. The number of hydrogen-bond acceptors (Lipinski definition) is 3. The fraction of sp³-hybridized carbons (Fsp3) is 0.824. The molecule has 2 amide bonds. The Labute approximate surface area is 136 Å². The number of nitrogens with one attached hydrogen (secondary N) is 1. The van der Waals surface area contributed by atoms with Crippen molar-refractivity contribution in [1.29, 1.82) is 0 Å². The molecule has 23 heavy (non-hydrogen) atoms. The van der Waals surface area contributed by atoms with Gasteiger partial charge in [-0.15, -0.1) is 0 Å². The van der Waals surface area contributed by atoms with E-state index < -0.39 is 5.97 Å². The summed E-state index contributed by atoms with van der Waals surface area (Å²) >= 11 is 0. The van der Waals surface area contributed by atoms with Crippen molar-refractivity contribution in [2.24, 2.45) is 17.8 Å². The van der Waals surface area contributed by atoms with Crippen LogP contribution in [0.4, 0.5) is 0 Å². The fourth-order valence-corrected chi connectivity index (χ4v) is 4.07. The van der Waals surface area contributed by atoms with Crippen molar-refractivity contribution >= 4 is 17.8 Å². The van der Waals surface area contributed by atoms with Crippen LogP contribution in [-0.4, -0.2) is 46.4 Å². The summed E-state index contributed by atoms with van der Waals surface area (Å²) in [6.07, 6.45) is 5.72. The van der Waals surface area contributed by atoms with E-state index in [9.17, 15) is 14.4 Å².